The smallest absolute Gasteiger partial charge is 0.306 e. The third-order valence-corrected chi connectivity index (χ3v) is 2.16. The standard InChI is InChI=1S/C11H18N6O7/c1-23-9(22)5-3-7(19)15-11(13)17-24-16-10(12)14-6(18)2-4-8(20)21/h2-5H2,1H3,(H,20,21)(H3,12,14,16,18)(H3,13,15,17,19). The van der Waals surface area contributed by atoms with Crippen molar-refractivity contribution < 1.29 is 34.0 Å². The fourth-order valence-electron chi connectivity index (χ4n) is 1.10. The van der Waals surface area contributed by atoms with E-state index in [4.69, 9.17) is 16.6 Å². The number of guanidine groups is 2. The van der Waals surface area contributed by atoms with Crippen LogP contribution in [0.5, 0.6) is 0 Å². The Morgan fingerprint density at radius 1 is 0.917 bits per heavy atom. The molecule has 134 valence electrons. The second-order valence-corrected chi connectivity index (χ2v) is 4.10. The number of rotatable bonds is 8. The Bertz CT molecular complexity index is 545. The summed E-state index contributed by atoms with van der Waals surface area (Å²) in [5, 5.41) is 18.9. The van der Waals surface area contributed by atoms with E-state index in [1.807, 2.05) is 5.32 Å². The van der Waals surface area contributed by atoms with Crippen LogP contribution in [0.2, 0.25) is 0 Å². The molecule has 0 aromatic carbocycles. The van der Waals surface area contributed by atoms with E-state index < -0.39 is 35.7 Å². The minimum Gasteiger partial charge on any atom is -0.481 e. The lowest BCUT2D eigenvalue weighted by Crippen LogP contribution is -2.38. The minimum atomic E-state index is -1.14. The van der Waals surface area contributed by atoms with E-state index in [9.17, 15) is 19.2 Å². The molecule has 7 N–H and O–H groups in total. The van der Waals surface area contributed by atoms with Crippen molar-refractivity contribution in [3.63, 3.8) is 0 Å². The zero-order chi connectivity index (χ0) is 18.5. The van der Waals surface area contributed by atoms with Crippen LogP contribution in [-0.4, -0.2) is 47.9 Å². The van der Waals surface area contributed by atoms with Crippen LogP contribution < -0.4 is 22.1 Å². The van der Waals surface area contributed by atoms with E-state index >= 15 is 0 Å². The van der Waals surface area contributed by atoms with Crippen molar-refractivity contribution in [1.29, 1.82) is 0 Å². The van der Waals surface area contributed by atoms with Crippen LogP contribution in [-0.2, 0) is 28.9 Å². The third-order valence-electron chi connectivity index (χ3n) is 2.16. The van der Waals surface area contributed by atoms with Crippen LogP contribution >= 0.6 is 0 Å². The highest BCUT2D eigenvalue weighted by Gasteiger charge is 2.08. The monoisotopic (exact) mass is 346 g/mol. The van der Waals surface area contributed by atoms with Crippen LogP contribution in [0.25, 0.3) is 0 Å². The first-order valence-corrected chi connectivity index (χ1v) is 6.46. The number of carboxylic acid groups (broad SMARTS) is 1. The Balaban J connectivity index is 4.17. The first-order valence-electron chi connectivity index (χ1n) is 6.46. The number of hydrogen-bond donors (Lipinski definition) is 5. The molecule has 0 spiro atoms. The van der Waals surface area contributed by atoms with Gasteiger partial charge in [0.25, 0.3) is 0 Å². The van der Waals surface area contributed by atoms with Crippen molar-refractivity contribution >= 4 is 35.7 Å². The highest BCUT2D eigenvalue weighted by molar-refractivity contribution is 5.97. The summed E-state index contributed by atoms with van der Waals surface area (Å²) in [5.41, 5.74) is 10.6. The summed E-state index contributed by atoms with van der Waals surface area (Å²) in [6.07, 6.45) is -0.978. The number of esters is 1. The molecule has 0 saturated heterocycles. The molecule has 0 aliphatic heterocycles. The number of aliphatic carboxylic acids is 1. The molecule has 0 aliphatic carbocycles. The number of methoxy groups -OCH3 is 1. The van der Waals surface area contributed by atoms with Gasteiger partial charge < -0.3 is 21.3 Å². The van der Waals surface area contributed by atoms with Crippen LogP contribution in [0.4, 0.5) is 0 Å². The van der Waals surface area contributed by atoms with Crippen molar-refractivity contribution in [2.24, 2.45) is 21.8 Å². The number of carboxylic acids is 1. The molecule has 0 fully saturated rings. The van der Waals surface area contributed by atoms with E-state index in [-0.39, 0.29) is 25.7 Å². The SMILES string of the molecule is COC(=O)CCC(=O)NC(N)=NON=C(N)NC(=O)CCC(=O)O. The fraction of sp³-hybridized carbons (Fsp3) is 0.455. The van der Waals surface area contributed by atoms with Gasteiger partial charge in [0.1, 0.15) is 0 Å². The predicted octanol–water partition coefficient (Wildman–Crippen LogP) is -2.49. The van der Waals surface area contributed by atoms with Gasteiger partial charge in [0.15, 0.2) is 0 Å². The zero-order valence-corrected chi connectivity index (χ0v) is 12.8. The first kappa shape index (κ1) is 20.6. The molecule has 0 bridgehead atoms. The summed E-state index contributed by atoms with van der Waals surface area (Å²) in [5.74, 6) is -3.94. The Hall–Kier alpha value is -3.38. The number of nitrogens with one attached hydrogen (secondary N) is 2. The lowest BCUT2D eigenvalue weighted by molar-refractivity contribution is -0.142. The molecule has 0 atom stereocenters. The molecule has 0 radical (unpaired) electrons. The summed E-state index contributed by atoms with van der Waals surface area (Å²) in [7, 11) is 1.19. The van der Waals surface area contributed by atoms with Gasteiger partial charge in [-0.1, -0.05) is 0 Å². The number of amides is 2. The van der Waals surface area contributed by atoms with Crippen molar-refractivity contribution in [3.8, 4) is 0 Å². The molecule has 2 amide bonds. The zero-order valence-electron chi connectivity index (χ0n) is 12.8. The summed E-state index contributed by atoms with van der Waals surface area (Å²) >= 11 is 0. The van der Waals surface area contributed by atoms with Crippen molar-refractivity contribution in [1.82, 2.24) is 10.6 Å². The molecule has 24 heavy (non-hydrogen) atoms. The normalized spacial score (nSPS) is 11.4. The van der Waals surface area contributed by atoms with E-state index in [1.165, 1.54) is 7.11 Å². The van der Waals surface area contributed by atoms with Gasteiger partial charge in [0, 0.05) is 12.8 Å². The summed E-state index contributed by atoms with van der Waals surface area (Å²) < 4.78 is 4.36. The number of nitrogens with two attached hydrogens (primary N) is 2. The summed E-state index contributed by atoms with van der Waals surface area (Å²) in [4.78, 5) is 48.0. The molecule has 0 saturated carbocycles. The van der Waals surface area contributed by atoms with Gasteiger partial charge in [-0.15, -0.1) is 0 Å². The van der Waals surface area contributed by atoms with Gasteiger partial charge in [0.2, 0.25) is 23.7 Å². The Kier molecular flexibility index (Phi) is 9.64. The maximum Gasteiger partial charge on any atom is 0.306 e. The molecule has 0 aliphatic rings. The first-order chi connectivity index (χ1) is 11.2. The second kappa shape index (κ2) is 11.2. The summed E-state index contributed by atoms with van der Waals surface area (Å²) in [6.45, 7) is 0. The van der Waals surface area contributed by atoms with Gasteiger partial charge in [0.05, 0.1) is 20.0 Å². The van der Waals surface area contributed by atoms with Crippen molar-refractivity contribution in [2.75, 3.05) is 7.11 Å². The average molecular weight is 346 g/mol. The number of carbonyl (C=O) groups excluding carboxylic acids is 3. The maximum absolute atomic E-state index is 11.3. The molecule has 0 aromatic heterocycles. The molecule has 13 heteroatoms. The second-order valence-electron chi connectivity index (χ2n) is 4.10. The number of nitrogens with zero attached hydrogens (tertiary/aromatic N) is 2. The van der Waals surface area contributed by atoms with Crippen LogP contribution in [0.15, 0.2) is 10.3 Å². The molecule has 13 nitrogen and oxygen atoms in total. The lowest BCUT2D eigenvalue weighted by Gasteiger charge is -2.03. The van der Waals surface area contributed by atoms with Crippen molar-refractivity contribution in [2.45, 2.75) is 25.7 Å². The van der Waals surface area contributed by atoms with E-state index in [0.717, 1.165) is 0 Å². The number of ether oxygens (including phenoxy) is 1. The summed E-state index contributed by atoms with van der Waals surface area (Å²) in [6, 6.07) is 0. The topological polar surface area (TPSA) is 208 Å². The molecule has 0 aromatic rings. The highest BCUT2D eigenvalue weighted by Crippen LogP contribution is 1.91. The van der Waals surface area contributed by atoms with Crippen molar-refractivity contribution in [3.05, 3.63) is 0 Å². The Morgan fingerprint density at radius 2 is 1.38 bits per heavy atom. The maximum atomic E-state index is 11.3. The van der Waals surface area contributed by atoms with E-state index in [2.05, 4.69) is 25.3 Å². The van der Waals surface area contributed by atoms with Crippen LogP contribution in [0.3, 0.4) is 0 Å². The molecule has 0 rings (SSSR count). The Labute approximate surface area is 136 Å². The van der Waals surface area contributed by atoms with Crippen LogP contribution in [0, 0.1) is 0 Å². The van der Waals surface area contributed by atoms with E-state index in [0.29, 0.717) is 0 Å². The average Bonchev–Trinajstić information content (AvgIpc) is 2.50. The van der Waals surface area contributed by atoms with Gasteiger partial charge >= 0.3 is 11.9 Å². The molecular weight excluding hydrogens is 328 g/mol. The van der Waals surface area contributed by atoms with Crippen LogP contribution in [0.1, 0.15) is 25.7 Å². The molecule has 0 heterocycles. The van der Waals surface area contributed by atoms with Gasteiger partial charge in [-0.25, -0.2) is 4.94 Å². The molecular formula is C11H18N6O7. The van der Waals surface area contributed by atoms with E-state index in [1.54, 1.807) is 0 Å². The highest BCUT2D eigenvalue weighted by atomic mass is 16.8. The minimum absolute atomic E-state index is 0.135. The third kappa shape index (κ3) is 11.3. The van der Waals surface area contributed by atoms with Gasteiger partial charge in [-0.05, 0) is 10.3 Å². The quantitative estimate of drug-likeness (QED) is 0.136. The molecule has 0 unspecified atom stereocenters. The van der Waals surface area contributed by atoms with Gasteiger partial charge in [-0.2, -0.15) is 0 Å². The number of hydrogen-bond acceptors (Lipinski definition) is 8. The fourth-order valence-corrected chi connectivity index (χ4v) is 1.10. The lowest BCUT2D eigenvalue weighted by atomic mass is 10.3. The Morgan fingerprint density at radius 3 is 1.79 bits per heavy atom. The number of carbonyl (C=O) groups is 4. The van der Waals surface area contributed by atoms with Gasteiger partial charge in [-0.3, -0.25) is 29.8 Å². The largest absolute Gasteiger partial charge is 0.481 e. The predicted molar refractivity (Wildman–Crippen MR) is 78.7 cm³/mol. The number of oxime groups is 2.